The largest absolute Gasteiger partial charge is 0.469 e. The molecule has 0 heterocycles. The van der Waals surface area contributed by atoms with E-state index < -0.39 is 16.8 Å². The SMILES string of the molecule is COC(=O)CCCN(CCCC[Si](C)(OC)OC)[Si](C)(C)C. The van der Waals surface area contributed by atoms with Gasteiger partial charge in [-0.15, -0.1) is 0 Å². The Morgan fingerprint density at radius 1 is 0.909 bits per heavy atom. The van der Waals surface area contributed by atoms with E-state index in [0.29, 0.717) is 6.42 Å². The molecule has 0 aromatic carbocycles. The molecule has 132 valence electrons. The maximum absolute atomic E-state index is 11.2. The second-order valence-electron chi connectivity index (χ2n) is 6.84. The van der Waals surface area contributed by atoms with E-state index in [4.69, 9.17) is 13.6 Å². The van der Waals surface area contributed by atoms with Gasteiger partial charge in [-0.3, -0.25) is 4.79 Å². The summed E-state index contributed by atoms with van der Waals surface area (Å²) in [7, 11) is 1.66. The molecule has 5 nitrogen and oxygen atoms in total. The van der Waals surface area contributed by atoms with Gasteiger partial charge >= 0.3 is 14.5 Å². The highest BCUT2D eigenvalue weighted by Gasteiger charge is 2.28. The number of methoxy groups -OCH3 is 1. The number of carbonyl (C=O) groups is 1. The lowest BCUT2D eigenvalue weighted by Crippen LogP contribution is -2.47. The van der Waals surface area contributed by atoms with E-state index in [9.17, 15) is 4.79 Å². The number of rotatable bonds is 12. The van der Waals surface area contributed by atoms with Gasteiger partial charge in [0.25, 0.3) is 0 Å². The van der Waals surface area contributed by atoms with Crippen LogP contribution in [0.3, 0.4) is 0 Å². The summed E-state index contributed by atoms with van der Waals surface area (Å²) in [6, 6.07) is 1.03. The summed E-state index contributed by atoms with van der Waals surface area (Å²) in [5.41, 5.74) is 0. The summed E-state index contributed by atoms with van der Waals surface area (Å²) in [5.74, 6) is -0.113. The Hall–Kier alpha value is -0.216. The molecule has 0 spiro atoms. The zero-order valence-electron chi connectivity index (χ0n) is 15.5. The fourth-order valence-electron chi connectivity index (χ4n) is 2.34. The molecule has 0 aromatic heterocycles. The molecule has 0 saturated carbocycles. The van der Waals surface area contributed by atoms with Crippen molar-refractivity contribution < 1.29 is 18.4 Å². The minimum Gasteiger partial charge on any atom is -0.469 e. The van der Waals surface area contributed by atoms with Crippen LogP contribution in [0.4, 0.5) is 0 Å². The molecule has 0 aliphatic rings. The zero-order valence-corrected chi connectivity index (χ0v) is 17.5. The van der Waals surface area contributed by atoms with Crippen LogP contribution in [0.25, 0.3) is 0 Å². The molecule has 0 unspecified atom stereocenters. The minimum absolute atomic E-state index is 0.113. The Kier molecular flexibility index (Phi) is 10.4. The molecular weight excluding hydrogens is 314 g/mol. The predicted octanol–water partition coefficient (Wildman–Crippen LogP) is 3.22. The van der Waals surface area contributed by atoms with Crippen LogP contribution in [0.15, 0.2) is 0 Å². The molecule has 0 radical (unpaired) electrons. The Morgan fingerprint density at radius 3 is 1.91 bits per heavy atom. The van der Waals surface area contributed by atoms with Crippen LogP contribution in [0.2, 0.25) is 32.2 Å². The molecule has 0 bridgehead atoms. The van der Waals surface area contributed by atoms with E-state index >= 15 is 0 Å². The van der Waals surface area contributed by atoms with Gasteiger partial charge in [0, 0.05) is 20.6 Å². The molecule has 7 heteroatoms. The maximum atomic E-state index is 11.2. The fourth-order valence-corrected chi connectivity index (χ4v) is 5.46. The van der Waals surface area contributed by atoms with Gasteiger partial charge < -0.3 is 18.2 Å². The number of esters is 1. The first-order valence-electron chi connectivity index (χ1n) is 8.10. The highest BCUT2D eigenvalue weighted by atomic mass is 28.4. The van der Waals surface area contributed by atoms with Crippen molar-refractivity contribution in [3.05, 3.63) is 0 Å². The Morgan fingerprint density at radius 2 is 1.45 bits per heavy atom. The van der Waals surface area contributed by atoms with Gasteiger partial charge in [-0.05, 0) is 38.5 Å². The predicted molar refractivity (Wildman–Crippen MR) is 95.8 cm³/mol. The minimum atomic E-state index is -1.93. The third kappa shape index (κ3) is 9.04. The van der Waals surface area contributed by atoms with Gasteiger partial charge in [0.05, 0.1) is 7.11 Å². The van der Waals surface area contributed by atoms with E-state index in [1.54, 1.807) is 14.2 Å². The highest BCUT2D eigenvalue weighted by Crippen LogP contribution is 2.17. The molecule has 22 heavy (non-hydrogen) atoms. The van der Waals surface area contributed by atoms with Gasteiger partial charge in [-0.2, -0.15) is 0 Å². The lowest BCUT2D eigenvalue weighted by atomic mass is 10.3. The van der Waals surface area contributed by atoms with Gasteiger partial charge in [0.1, 0.15) is 8.24 Å². The van der Waals surface area contributed by atoms with E-state index in [1.165, 1.54) is 7.11 Å². The normalized spacial score (nSPS) is 12.7. The molecule has 0 aliphatic carbocycles. The highest BCUT2D eigenvalue weighted by molar-refractivity contribution is 6.73. The van der Waals surface area contributed by atoms with Crippen molar-refractivity contribution in [3.63, 3.8) is 0 Å². The summed E-state index contributed by atoms with van der Waals surface area (Å²) >= 11 is 0. The van der Waals surface area contributed by atoms with Crippen molar-refractivity contribution in [2.45, 2.75) is 57.9 Å². The van der Waals surface area contributed by atoms with Crippen molar-refractivity contribution in [1.29, 1.82) is 0 Å². The Labute approximate surface area is 138 Å². The van der Waals surface area contributed by atoms with E-state index in [2.05, 4.69) is 30.8 Å². The summed E-state index contributed by atoms with van der Waals surface area (Å²) < 4.78 is 18.3. The zero-order chi connectivity index (χ0) is 17.2. The molecule has 0 rings (SSSR count). The van der Waals surface area contributed by atoms with Gasteiger partial charge in [0.15, 0.2) is 0 Å². The summed E-state index contributed by atoms with van der Waals surface area (Å²) in [6.07, 6.45) is 3.66. The summed E-state index contributed by atoms with van der Waals surface area (Å²) in [5, 5.41) is 0. The monoisotopic (exact) mass is 349 g/mol. The van der Waals surface area contributed by atoms with Crippen LogP contribution < -0.4 is 0 Å². The van der Waals surface area contributed by atoms with Crippen molar-refractivity contribution in [1.82, 2.24) is 4.57 Å². The van der Waals surface area contributed by atoms with Gasteiger partial charge in [-0.25, -0.2) is 0 Å². The number of nitrogens with zero attached hydrogens (tertiary/aromatic N) is 1. The first kappa shape index (κ1) is 21.8. The van der Waals surface area contributed by atoms with E-state index in [0.717, 1.165) is 38.4 Å². The Bertz CT molecular complexity index is 317. The van der Waals surface area contributed by atoms with Crippen molar-refractivity contribution in [2.75, 3.05) is 34.4 Å². The first-order valence-corrected chi connectivity index (χ1v) is 14.1. The summed E-state index contributed by atoms with van der Waals surface area (Å²) in [6.45, 7) is 11.2. The van der Waals surface area contributed by atoms with Crippen LogP contribution in [0, 0.1) is 0 Å². The second kappa shape index (κ2) is 10.5. The molecular formula is C15H35NO4Si2. The standard InChI is InChI=1S/C15H35NO4Si2/c1-18-15(17)11-10-13-16(21(4,5)6)12-8-9-14-22(7,19-2)20-3/h8-14H2,1-7H3. The molecule has 0 aliphatic heterocycles. The quantitative estimate of drug-likeness (QED) is 0.307. The Balaban J connectivity index is 4.19. The molecule has 0 amide bonds. The fraction of sp³-hybridized carbons (Fsp3) is 0.933. The van der Waals surface area contributed by atoms with Crippen LogP contribution in [-0.4, -0.2) is 61.8 Å². The third-order valence-electron chi connectivity index (χ3n) is 4.16. The lowest BCUT2D eigenvalue weighted by molar-refractivity contribution is -0.140. The maximum Gasteiger partial charge on any atom is 0.334 e. The van der Waals surface area contributed by atoms with Crippen LogP contribution >= 0.6 is 0 Å². The van der Waals surface area contributed by atoms with Crippen molar-refractivity contribution in [3.8, 4) is 0 Å². The van der Waals surface area contributed by atoms with E-state index in [1.807, 2.05) is 0 Å². The lowest BCUT2D eigenvalue weighted by Gasteiger charge is -2.34. The molecule has 0 N–H and O–H groups in total. The number of carbonyl (C=O) groups excluding carboxylic acids is 1. The number of hydrogen-bond acceptors (Lipinski definition) is 5. The van der Waals surface area contributed by atoms with Crippen LogP contribution in [0.1, 0.15) is 25.7 Å². The van der Waals surface area contributed by atoms with Crippen molar-refractivity contribution >= 4 is 22.8 Å². The molecule has 0 atom stereocenters. The molecule has 0 aromatic rings. The topological polar surface area (TPSA) is 48.0 Å². The van der Waals surface area contributed by atoms with Crippen LogP contribution in [0.5, 0.6) is 0 Å². The average molecular weight is 350 g/mol. The smallest absolute Gasteiger partial charge is 0.334 e. The van der Waals surface area contributed by atoms with Crippen molar-refractivity contribution in [2.24, 2.45) is 0 Å². The average Bonchev–Trinajstić information content (AvgIpc) is 2.47. The first-order chi connectivity index (χ1) is 10.2. The van der Waals surface area contributed by atoms with Crippen LogP contribution in [-0.2, 0) is 18.4 Å². The van der Waals surface area contributed by atoms with E-state index in [-0.39, 0.29) is 5.97 Å². The third-order valence-corrected chi connectivity index (χ3v) is 9.49. The number of hydrogen-bond donors (Lipinski definition) is 0. The summed E-state index contributed by atoms with van der Waals surface area (Å²) in [4.78, 5) is 11.2. The number of ether oxygens (including phenoxy) is 1. The molecule has 0 fully saturated rings. The van der Waals surface area contributed by atoms with Gasteiger partial charge in [0.2, 0.25) is 0 Å². The van der Waals surface area contributed by atoms with Gasteiger partial charge in [-0.1, -0.05) is 26.1 Å². The number of unbranched alkanes of at least 4 members (excludes halogenated alkanes) is 1. The molecule has 0 saturated heterocycles. The second-order valence-corrected chi connectivity index (χ2v) is 15.4.